The van der Waals surface area contributed by atoms with Crippen molar-refractivity contribution < 1.29 is 0 Å². The fourth-order valence-corrected chi connectivity index (χ4v) is 2.29. The van der Waals surface area contributed by atoms with Gasteiger partial charge in [-0.2, -0.15) is 0 Å². The average Bonchev–Trinajstić information content (AvgIpc) is 1.83. The van der Waals surface area contributed by atoms with Gasteiger partial charge in [-0.3, -0.25) is 0 Å². The maximum absolute atomic E-state index is 2.61. The fourth-order valence-electron chi connectivity index (χ4n) is 1.44. The molecule has 0 bridgehead atoms. The summed E-state index contributed by atoms with van der Waals surface area (Å²) in [6.45, 7) is 4.70. The molecule has 0 spiro atoms. The summed E-state index contributed by atoms with van der Waals surface area (Å²) in [5, 5.41) is 0. The summed E-state index contributed by atoms with van der Waals surface area (Å²) in [6.07, 6.45) is 4.29. The van der Waals surface area contributed by atoms with E-state index in [-0.39, 0.29) is 0 Å². The van der Waals surface area contributed by atoms with Crippen molar-refractivity contribution in [3.05, 3.63) is 0 Å². The molecule has 1 aliphatic rings. The van der Waals surface area contributed by atoms with Crippen LogP contribution < -0.4 is 0 Å². The van der Waals surface area contributed by atoms with Crippen molar-refractivity contribution in [3.63, 3.8) is 0 Å². The molecule has 0 N–H and O–H groups in total. The van der Waals surface area contributed by atoms with Crippen LogP contribution in [0.5, 0.6) is 0 Å². The maximum atomic E-state index is 2.61. The van der Waals surface area contributed by atoms with Gasteiger partial charge in [0.1, 0.15) is 0 Å². The second-order valence-corrected chi connectivity index (χ2v) is 4.78. The molecular formula is C7H15NSn. The number of nitrogens with zero attached hydrogens (tertiary/aromatic N) is 1. The van der Waals surface area contributed by atoms with Crippen LogP contribution in [-0.2, 0) is 0 Å². The van der Waals surface area contributed by atoms with Gasteiger partial charge in [0.25, 0.3) is 0 Å². The van der Waals surface area contributed by atoms with Crippen molar-refractivity contribution in [2.45, 2.75) is 45.2 Å². The zero-order valence-corrected chi connectivity index (χ0v) is 9.60. The van der Waals surface area contributed by atoms with E-state index in [2.05, 4.69) is 17.0 Å². The van der Waals surface area contributed by atoms with Crippen LogP contribution in [0.2, 0.25) is 0 Å². The van der Waals surface area contributed by atoms with Crippen molar-refractivity contribution in [3.8, 4) is 0 Å². The van der Waals surface area contributed by atoms with Crippen LogP contribution in [0, 0.1) is 0 Å². The third kappa shape index (κ3) is 1.84. The minimum absolute atomic E-state index is 0.871. The molecule has 1 nitrogen and oxygen atoms in total. The zero-order chi connectivity index (χ0) is 6.85. The topological polar surface area (TPSA) is 3.24 Å². The van der Waals surface area contributed by atoms with Crippen molar-refractivity contribution in [2.75, 3.05) is 0 Å². The molecule has 9 heavy (non-hydrogen) atoms. The molecular weight excluding hydrogens is 217 g/mol. The normalized spacial score (nSPS) is 39.0. The number of hydrogen-bond acceptors (Lipinski definition) is 1. The van der Waals surface area contributed by atoms with E-state index < -0.39 is 0 Å². The van der Waals surface area contributed by atoms with Crippen LogP contribution in [0.1, 0.15) is 33.1 Å². The summed E-state index contributed by atoms with van der Waals surface area (Å²) < 4.78 is 2.61. The summed E-state index contributed by atoms with van der Waals surface area (Å²) in [5.41, 5.74) is 0. The molecule has 1 fully saturated rings. The summed E-state index contributed by atoms with van der Waals surface area (Å²) >= 11 is 1.31. The zero-order valence-electron chi connectivity index (χ0n) is 6.30. The monoisotopic (exact) mass is 233 g/mol. The Morgan fingerprint density at radius 2 is 1.67 bits per heavy atom. The van der Waals surface area contributed by atoms with Gasteiger partial charge in [0.2, 0.25) is 0 Å². The molecule has 0 aromatic carbocycles. The second kappa shape index (κ2) is 3.24. The predicted octanol–water partition coefficient (Wildman–Crippen LogP) is 1.07. The summed E-state index contributed by atoms with van der Waals surface area (Å²) in [6, 6.07) is 1.74. The molecule has 0 amide bonds. The van der Waals surface area contributed by atoms with Crippen LogP contribution in [0.4, 0.5) is 0 Å². The van der Waals surface area contributed by atoms with Crippen LogP contribution in [0.25, 0.3) is 0 Å². The van der Waals surface area contributed by atoms with Crippen LogP contribution in [0.15, 0.2) is 0 Å². The SMILES string of the molecule is CC1CCCC(C)[N]1[SnH]. The molecule has 2 atom stereocenters. The molecule has 1 rings (SSSR count). The Hall–Kier alpha value is 0.759. The number of piperidine rings is 1. The van der Waals surface area contributed by atoms with Gasteiger partial charge in [-0.25, -0.2) is 0 Å². The van der Waals surface area contributed by atoms with Gasteiger partial charge in [0.15, 0.2) is 0 Å². The van der Waals surface area contributed by atoms with Crippen molar-refractivity contribution in [1.29, 1.82) is 0 Å². The van der Waals surface area contributed by atoms with Gasteiger partial charge in [0.05, 0.1) is 0 Å². The van der Waals surface area contributed by atoms with Gasteiger partial charge in [-0.15, -0.1) is 0 Å². The number of hydrogen-bond donors (Lipinski definition) is 0. The van der Waals surface area contributed by atoms with E-state index in [0.29, 0.717) is 0 Å². The quantitative estimate of drug-likeness (QED) is 0.564. The van der Waals surface area contributed by atoms with E-state index >= 15 is 0 Å². The van der Waals surface area contributed by atoms with Crippen molar-refractivity contribution in [1.82, 2.24) is 3.12 Å². The molecule has 2 radical (unpaired) electrons. The molecule has 0 aromatic heterocycles. The van der Waals surface area contributed by atoms with Crippen molar-refractivity contribution in [2.24, 2.45) is 0 Å². The van der Waals surface area contributed by atoms with E-state index in [1.165, 1.54) is 42.1 Å². The molecule has 2 heteroatoms. The first-order valence-corrected chi connectivity index (χ1v) is 5.22. The minimum atomic E-state index is 0.871. The molecule has 52 valence electrons. The van der Waals surface area contributed by atoms with Crippen LogP contribution in [0.3, 0.4) is 0 Å². The molecule has 0 aliphatic carbocycles. The number of rotatable bonds is 0. The first-order valence-electron chi connectivity index (χ1n) is 3.75. The summed E-state index contributed by atoms with van der Waals surface area (Å²) in [4.78, 5) is 0. The summed E-state index contributed by atoms with van der Waals surface area (Å²) in [5.74, 6) is 0. The van der Waals surface area contributed by atoms with E-state index in [0.717, 1.165) is 12.1 Å². The Labute approximate surface area is 71.2 Å². The molecule has 1 heterocycles. The Kier molecular flexibility index (Phi) is 2.83. The Bertz CT molecular complexity index is 84.9. The Morgan fingerprint density at radius 3 is 2.00 bits per heavy atom. The molecule has 1 aliphatic heterocycles. The van der Waals surface area contributed by atoms with Gasteiger partial charge in [0, 0.05) is 0 Å². The second-order valence-electron chi connectivity index (χ2n) is 3.08. The van der Waals surface area contributed by atoms with Gasteiger partial charge in [-0.1, -0.05) is 0 Å². The Morgan fingerprint density at radius 1 is 1.22 bits per heavy atom. The fraction of sp³-hybridized carbons (Fsp3) is 1.00. The van der Waals surface area contributed by atoms with Crippen LogP contribution in [-0.4, -0.2) is 38.0 Å². The van der Waals surface area contributed by atoms with E-state index in [1.54, 1.807) is 0 Å². The Balaban J connectivity index is 2.41. The van der Waals surface area contributed by atoms with Crippen LogP contribution >= 0.6 is 0 Å². The van der Waals surface area contributed by atoms with Crippen molar-refractivity contribution >= 4 is 22.8 Å². The predicted molar refractivity (Wildman–Crippen MR) is 41.8 cm³/mol. The molecule has 2 unspecified atom stereocenters. The van der Waals surface area contributed by atoms with Gasteiger partial charge in [-0.05, 0) is 0 Å². The third-order valence-electron chi connectivity index (χ3n) is 2.26. The third-order valence-corrected chi connectivity index (χ3v) is 5.17. The van der Waals surface area contributed by atoms with Gasteiger partial charge < -0.3 is 0 Å². The van der Waals surface area contributed by atoms with E-state index in [4.69, 9.17) is 0 Å². The first kappa shape index (κ1) is 7.86. The molecule has 0 aromatic rings. The average molecular weight is 232 g/mol. The van der Waals surface area contributed by atoms with Gasteiger partial charge >= 0.3 is 71.1 Å². The van der Waals surface area contributed by atoms with E-state index in [1.807, 2.05) is 0 Å². The van der Waals surface area contributed by atoms with E-state index in [9.17, 15) is 0 Å². The molecule has 1 saturated heterocycles. The molecule has 0 saturated carbocycles. The standard InChI is InChI=1S/C7H14N.Sn.H/c1-6-4-3-5-7(2)8-6;;/h6-7H,3-5H2,1-2H3;;/q-1;+1;. The summed E-state index contributed by atoms with van der Waals surface area (Å²) in [7, 11) is 0. The first-order chi connectivity index (χ1) is 4.22.